The smallest absolute Gasteiger partial charge is 0.220 e. The van der Waals surface area contributed by atoms with Crippen molar-refractivity contribution in [3.05, 3.63) is 125 Å². The largest absolute Gasteiger partial charge is 0.253 e. The van der Waals surface area contributed by atoms with Crippen molar-refractivity contribution in [1.82, 2.24) is 4.98 Å². The maximum absolute atomic E-state index is 4.81. The van der Waals surface area contributed by atoms with Gasteiger partial charge in [0.15, 0.2) is 18.9 Å². The summed E-state index contributed by atoms with van der Waals surface area (Å²) in [4.78, 5) is 4.81. The van der Waals surface area contributed by atoms with Gasteiger partial charge in [0.25, 0.3) is 0 Å². The lowest BCUT2D eigenvalue weighted by Crippen LogP contribution is -2.38. The summed E-state index contributed by atoms with van der Waals surface area (Å²) in [7, 11) is 2.11. The Morgan fingerprint density at radius 1 is 0.684 bits per heavy atom. The minimum absolute atomic E-state index is 0.771. The zero-order chi connectivity index (χ0) is 26.4. The number of rotatable bonds is 4. The van der Waals surface area contributed by atoms with Crippen molar-refractivity contribution in [3.63, 3.8) is 0 Å². The molecule has 0 saturated carbocycles. The first-order chi connectivity index (χ1) is 18.4. The molecule has 0 spiro atoms. The van der Waals surface area contributed by atoms with Gasteiger partial charge in [-0.05, 0) is 75.2 Å². The molecule has 0 saturated heterocycles. The SMILES string of the molecule is Cc1cc(C)c(C)c(-c2c3ccc4nc(C)ccc4c3cc[n+]2Cc2ccccc2-c2cccc[n+]2C)c1. The Hall–Kier alpha value is -4.37. The van der Waals surface area contributed by atoms with Gasteiger partial charge in [-0.3, -0.25) is 4.98 Å². The first kappa shape index (κ1) is 24.0. The Kier molecular flexibility index (Phi) is 6.00. The van der Waals surface area contributed by atoms with Crippen LogP contribution < -0.4 is 9.13 Å². The lowest BCUT2D eigenvalue weighted by molar-refractivity contribution is -0.676. The van der Waals surface area contributed by atoms with Crippen LogP contribution in [0.4, 0.5) is 0 Å². The molecule has 0 unspecified atom stereocenters. The second-order valence-corrected chi connectivity index (χ2v) is 10.4. The minimum atomic E-state index is 0.771. The number of aryl methyl sites for hydroxylation is 4. The summed E-state index contributed by atoms with van der Waals surface area (Å²) in [6.45, 7) is 9.48. The third-order valence-corrected chi connectivity index (χ3v) is 7.77. The molecule has 0 amide bonds. The quantitative estimate of drug-likeness (QED) is 0.188. The average molecular weight is 496 g/mol. The molecular formula is C35H33N3+2. The van der Waals surface area contributed by atoms with Crippen LogP contribution in [0.3, 0.4) is 0 Å². The van der Waals surface area contributed by atoms with E-state index in [-0.39, 0.29) is 0 Å². The molecule has 0 aliphatic rings. The van der Waals surface area contributed by atoms with E-state index >= 15 is 0 Å². The van der Waals surface area contributed by atoms with Crippen molar-refractivity contribution in [2.45, 2.75) is 34.2 Å². The first-order valence-electron chi connectivity index (χ1n) is 13.2. The number of pyridine rings is 3. The monoisotopic (exact) mass is 495 g/mol. The standard InChI is InChI=1S/C35H33N3/c1-23-20-24(2)26(4)32(21-23)35-31-15-16-33-30(14-13-25(3)36-33)29(31)17-19-38(35)22-27-10-6-7-11-28(27)34-12-8-9-18-37(34)5/h6-21H,22H2,1-5H3/q+2. The van der Waals surface area contributed by atoms with Crippen LogP contribution in [-0.4, -0.2) is 4.98 Å². The van der Waals surface area contributed by atoms with Gasteiger partial charge in [0.2, 0.25) is 11.4 Å². The second-order valence-electron chi connectivity index (χ2n) is 10.4. The van der Waals surface area contributed by atoms with E-state index in [0.717, 1.165) is 17.8 Å². The molecule has 186 valence electrons. The molecule has 6 aromatic rings. The summed E-state index contributed by atoms with van der Waals surface area (Å²) in [5.41, 5.74) is 12.3. The van der Waals surface area contributed by atoms with Crippen molar-refractivity contribution in [2.24, 2.45) is 7.05 Å². The van der Waals surface area contributed by atoms with E-state index < -0.39 is 0 Å². The van der Waals surface area contributed by atoms with Crippen molar-refractivity contribution in [3.8, 4) is 22.5 Å². The zero-order valence-electron chi connectivity index (χ0n) is 22.8. The Balaban J connectivity index is 1.63. The maximum Gasteiger partial charge on any atom is 0.220 e. The van der Waals surface area contributed by atoms with Crippen LogP contribution in [0.2, 0.25) is 0 Å². The molecule has 0 radical (unpaired) electrons. The van der Waals surface area contributed by atoms with Gasteiger partial charge in [-0.1, -0.05) is 35.9 Å². The average Bonchev–Trinajstić information content (AvgIpc) is 2.91. The number of fused-ring (bicyclic) bond motifs is 3. The predicted octanol–water partition coefficient (Wildman–Crippen LogP) is 7.12. The molecule has 38 heavy (non-hydrogen) atoms. The van der Waals surface area contributed by atoms with Crippen molar-refractivity contribution in [1.29, 1.82) is 0 Å². The molecule has 0 aliphatic heterocycles. The van der Waals surface area contributed by atoms with Crippen molar-refractivity contribution in [2.75, 3.05) is 0 Å². The van der Waals surface area contributed by atoms with Crippen LogP contribution in [-0.2, 0) is 13.6 Å². The summed E-state index contributed by atoms with van der Waals surface area (Å²) in [6.07, 6.45) is 4.37. The topological polar surface area (TPSA) is 20.6 Å². The molecular weight excluding hydrogens is 462 g/mol. The summed E-state index contributed by atoms with van der Waals surface area (Å²) in [5, 5.41) is 3.68. The highest BCUT2D eigenvalue weighted by Crippen LogP contribution is 2.34. The molecule has 3 heterocycles. The summed E-state index contributed by atoms with van der Waals surface area (Å²) in [5.74, 6) is 0. The van der Waals surface area contributed by atoms with E-state index in [9.17, 15) is 0 Å². The predicted molar refractivity (Wildman–Crippen MR) is 156 cm³/mol. The van der Waals surface area contributed by atoms with Crippen molar-refractivity contribution < 1.29 is 9.13 Å². The fourth-order valence-electron chi connectivity index (χ4n) is 5.72. The summed E-state index contributed by atoms with van der Waals surface area (Å²) in [6, 6.07) is 30.8. The van der Waals surface area contributed by atoms with Crippen LogP contribution in [0, 0.1) is 27.7 Å². The van der Waals surface area contributed by atoms with E-state index in [1.807, 2.05) is 0 Å². The fraction of sp³-hybridized carbons (Fsp3) is 0.171. The second kappa shape index (κ2) is 9.50. The van der Waals surface area contributed by atoms with E-state index in [0.29, 0.717) is 0 Å². The van der Waals surface area contributed by atoms with Gasteiger partial charge >= 0.3 is 0 Å². The van der Waals surface area contributed by atoms with Gasteiger partial charge < -0.3 is 0 Å². The summed E-state index contributed by atoms with van der Waals surface area (Å²) >= 11 is 0. The number of aromatic nitrogens is 3. The Morgan fingerprint density at radius 3 is 2.32 bits per heavy atom. The van der Waals surface area contributed by atoms with Gasteiger partial charge in [0.1, 0.15) is 7.05 Å². The highest BCUT2D eigenvalue weighted by molar-refractivity contribution is 6.09. The van der Waals surface area contributed by atoms with Gasteiger partial charge in [-0.25, -0.2) is 4.57 Å². The van der Waals surface area contributed by atoms with E-state index in [4.69, 9.17) is 4.98 Å². The highest BCUT2D eigenvalue weighted by Gasteiger charge is 2.24. The van der Waals surface area contributed by atoms with Crippen LogP contribution in [0.25, 0.3) is 44.2 Å². The van der Waals surface area contributed by atoms with Gasteiger partial charge in [-0.2, -0.15) is 4.57 Å². The highest BCUT2D eigenvalue weighted by atomic mass is 15.0. The van der Waals surface area contributed by atoms with E-state index in [1.165, 1.54) is 60.9 Å². The number of hydrogen-bond acceptors (Lipinski definition) is 1. The third kappa shape index (κ3) is 4.14. The fourth-order valence-corrected chi connectivity index (χ4v) is 5.72. The number of nitrogens with zero attached hydrogens (tertiary/aromatic N) is 3. The Bertz CT molecular complexity index is 1850. The third-order valence-electron chi connectivity index (χ3n) is 7.77. The zero-order valence-corrected chi connectivity index (χ0v) is 22.8. The van der Waals surface area contributed by atoms with E-state index in [1.54, 1.807) is 0 Å². The lowest BCUT2D eigenvalue weighted by atomic mass is 9.93. The van der Waals surface area contributed by atoms with Gasteiger partial charge in [0.05, 0.1) is 22.0 Å². The Morgan fingerprint density at radius 2 is 1.47 bits per heavy atom. The minimum Gasteiger partial charge on any atom is -0.253 e. The summed E-state index contributed by atoms with van der Waals surface area (Å²) < 4.78 is 4.62. The van der Waals surface area contributed by atoms with E-state index in [2.05, 4.69) is 141 Å². The molecule has 3 nitrogen and oxygen atoms in total. The molecule has 3 aromatic heterocycles. The molecule has 3 aromatic carbocycles. The first-order valence-corrected chi connectivity index (χ1v) is 13.2. The number of benzene rings is 3. The van der Waals surface area contributed by atoms with Gasteiger partial charge in [-0.15, -0.1) is 0 Å². The lowest BCUT2D eigenvalue weighted by Gasteiger charge is -2.15. The number of hydrogen-bond donors (Lipinski definition) is 0. The normalized spacial score (nSPS) is 11.4. The molecule has 3 heteroatoms. The van der Waals surface area contributed by atoms with Crippen LogP contribution in [0.1, 0.15) is 27.9 Å². The molecule has 0 N–H and O–H groups in total. The molecule has 6 rings (SSSR count). The van der Waals surface area contributed by atoms with Crippen LogP contribution >= 0.6 is 0 Å². The van der Waals surface area contributed by atoms with Gasteiger partial charge in [0, 0.05) is 40.2 Å². The molecule has 0 atom stereocenters. The Labute approximate surface area is 224 Å². The van der Waals surface area contributed by atoms with Crippen LogP contribution in [0.5, 0.6) is 0 Å². The molecule has 0 aliphatic carbocycles. The molecule has 0 fully saturated rings. The molecule has 0 bridgehead atoms. The maximum atomic E-state index is 4.81. The van der Waals surface area contributed by atoms with Crippen LogP contribution in [0.15, 0.2) is 97.3 Å². The van der Waals surface area contributed by atoms with Crippen molar-refractivity contribution >= 4 is 21.7 Å².